The van der Waals surface area contributed by atoms with Gasteiger partial charge in [0.25, 0.3) is 0 Å². The summed E-state index contributed by atoms with van der Waals surface area (Å²) >= 11 is 0. The molecule has 0 aliphatic rings. The Morgan fingerprint density at radius 1 is 1.24 bits per heavy atom. The highest BCUT2D eigenvalue weighted by Gasteiger charge is 2.65. The molecule has 0 heterocycles. The molecule has 2 aromatic carbocycles. The second kappa shape index (κ2) is 9.63. The highest BCUT2D eigenvalue weighted by Crippen LogP contribution is 3.02. The minimum atomic E-state index is -10.2. The topological polar surface area (TPSA) is 113 Å². The van der Waals surface area contributed by atoms with Crippen molar-refractivity contribution in [3.05, 3.63) is 77.8 Å². The summed E-state index contributed by atoms with van der Waals surface area (Å²) in [5, 5.41) is 10.9. The van der Waals surface area contributed by atoms with E-state index in [0.29, 0.717) is 6.20 Å². The van der Waals surface area contributed by atoms with Crippen LogP contribution >= 0.6 is 10.2 Å². The molecule has 16 heteroatoms. The Kier molecular flexibility index (Phi) is 7.68. The third kappa shape index (κ3) is 8.15. The summed E-state index contributed by atoms with van der Waals surface area (Å²) in [5.74, 6) is -3.37. The quantitative estimate of drug-likeness (QED) is 0.197. The van der Waals surface area contributed by atoms with E-state index in [1.807, 2.05) is 0 Å². The van der Waals surface area contributed by atoms with E-state index in [-0.39, 0.29) is 23.4 Å². The standard InChI is InChI=1S/C21H20F7N5O2S2/c1-13(33-21(19(23)10-29)18-5-4-15(22)8-20(18)35-2)32-16-6-14(11-36(3,34)31-12-30)7-17(9-16)37(24,25,26,27)28/h4-10,32H,1,11,29H2,2-3H3/b19-10+,33-21?. The lowest BCUT2D eigenvalue weighted by molar-refractivity contribution is 0.364. The van der Waals surface area contributed by atoms with Crippen LogP contribution in [0.2, 0.25) is 0 Å². The SMILES string of the molecule is C=C(N=C(/C(F)=C\N)c1ccc(F)cc1OC)Nc1cc(CS(C)(=O)=NC#N)cc(S(F)(F)(F)(F)F)c1. The monoisotopic (exact) mass is 571 g/mol. The highest BCUT2D eigenvalue weighted by molar-refractivity contribution is 8.45. The Morgan fingerprint density at radius 2 is 1.89 bits per heavy atom. The molecule has 0 fully saturated rings. The van der Waals surface area contributed by atoms with Crippen molar-refractivity contribution in [2.24, 2.45) is 15.1 Å². The van der Waals surface area contributed by atoms with E-state index in [4.69, 9.17) is 15.7 Å². The van der Waals surface area contributed by atoms with Crippen molar-refractivity contribution in [3.63, 3.8) is 0 Å². The molecule has 0 saturated carbocycles. The summed E-state index contributed by atoms with van der Waals surface area (Å²) in [6, 6.07) is 4.04. The van der Waals surface area contributed by atoms with E-state index in [0.717, 1.165) is 37.6 Å². The number of hydrogen-bond donors (Lipinski definition) is 2. The molecule has 0 aliphatic heterocycles. The van der Waals surface area contributed by atoms with Crippen LogP contribution in [0.15, 0.2) is 75.1 Å². The van der Waals surface area contributed by atoms with E-state index >= 15 is 0 Å². The zero-order chi connectivity index (χ0) is 28.3. The van der Waals surface area contributed by atoms with Crippen LogP contribution in [0.25, 0.3) is 0 Å². The van der Waals surface area contributed by atoms with Gasteiger partial charge < -0.3 is 15.8 Å². The Hall–Kier alpha value is -3.71. The van der Waals surface area contributed by atoms with Gasteiger partial charge in [-0.15, -0.1) is 4.36 Å². The fourth-order valence-electron chi connectivity index (χ4n) is 2.98. The molecule has 7 nitrogen and oxygen atoms in total. The van der Waals surface area contributed by atoms with Crippen molar-refractivity contribution in [2.45, 2.75) is 10.6 Å². The van der Waals surface area contributed by atoms with Gasteiger partial charge in [0.15, 0.2) is 5.83 Å². The van der Waals surface area contributed by atoms with Crippen LogP contribution in [0.3, 0.4) is 0 Å². The van der Waals surface area contributed by atoms with Crippen LogP contribution in [0, 0.1) is 17.3 Å². The van der Waals surface area contributed by atoms with Crippen molar-refractivity contribution in [1.82, 2.24) is 0 Å². The molecule has 0 spiro atoms. The number of nitrogens with two attached hydrogens (primary N) is 1. The highest BCUT2D eigenvalue weighted by atomic mass is 32.5. The number of methoxy groups -OCH3 is 1. The average molecular weight is 572 g/mol. The van der Waals surface area contributed by atoms with Gasteiger partial charge in [-0.1, -0.05) is 26.0 Å². The third-order valence-electron chi connectivity index (χ3n) is 4.41. The predicted octanol–water partition coefficient (Wildman–Crippen LogP) is 6.71. The summed E-state index contributed by atoms with van der Waals surface area (Å²) in [7, 11) is -12.5. The first-order chi connectivity index (χ1) is 16.8. The largest absolute Gasteiger partial charge is 0.496 e. The fourth-order valence-corrected chi connectivity index (χ4v) is 4.72. The number of nitriles is 1. The first kappa shape index (κ1) is 29.5. The van der Waals surface area contributed by atoms with Gasteiger partial charge in [-0.05, 0) is 35.9 Å². The summed E-state index contributed by atoms with van der Waals surface area (Å²) in [4.78, 5) is 1.50. The van der Waals surface area contributed by atoms with Crippen molar-refractivity contribution >= 4 is 31.4 Å². The number of hydrogen-bond acceptors (Lipinski definition) is 7. The average Bonchev–Trinajstić information content (AvgIpc) is 2.74. The van der Waals surface area contributed by atoms with Crippen LogP contribution in [0.5, 0.6) is 5.75 Å². The number of nitrogens with one attached hydrogen (secondary N) is 1. The van der Waals surface area contributed by atoms with Crippen LogP contribution in [-0.2, 0) is 15.5 Å². The lowest BCUT2D eigenvalue weighted by Crippen LogP contribution is -2.11. The minimum Gasteiger partial charge on any atom is -0.496 e. The van der Waals surface area contributed by atoms with Crippen LogP contribution in [0.4, 0.5) is 33.9 Å². The zero-order valence-corrected chi connectivity index (χ0v) is 20.8. The number of rotatable bonds is 9. The number of aliphatic imine (C=N–C) groups is 1. The molecule has 2 rings (SSSR count). The van der Waals surface area contributed by atoms with E-state index in [1.165, 1.54) is 6.19 Å². The lowest BCUT2D eigenvalue weighted by Gasteiger charge is -2.41. The smallest absolute Gasteiger partial charge is 0.310 e. The van der Waals surface area contributed by atoms with Gasteiger partial charge >= 0.3 is 10.2 Å². The van der Waals surface area contributed by atoms with Crippen LogP contribution in [0.1, 0.15) is 11.1 Å². The molecular weight excluding hydrogens is 551 g/mol. The maximum atomic E-state index is 14.5. The summed E-state index contributed by atoms with van der Waals surface area (Å²) in [5.41, 5.74) is 3.42. The molecule has 0 aliphatic carbocycles. The molecule has 0 amide bonds. The zero-order valence-electron chi connectivity index (χ0n) is 19.2. The molecule has 2 aromatic rings. The molecule has 0 aromatic heterocycles. The summed E-state index contributed by atoms with van der Waals surface area (Å²) in [6.07, 6.45) is 2.72. The van der Waals surface area contributed by atoms with E-state index in [1.54, 1.807) is 0 Å². The normalized spacial score (nSPS) is 16.0. The molecule has 0 saturated heterocycles. The van der Waals surface area contributed by atoms with Gasteiger partial charge in [-0.2, -0.15) is 5.26 Å². The number of benzene rings is 2. The van der Waals surface area contributed by atoms with Gasteiger partial charge in [0, 0.05) is 29.8 Å². The fraction of sp³-hybridized carbons (Fsp3) is 0.143. The first-order valence-electron chi connectivity index (χ1n) is 9.71. The van der Waals surface area contributed by atoms with E-state index in [2.05, 4.69) is 21.3 Å². The molecule has 1 unspecified atom stereocenters. The predicted molar refractivity (Wildman–Crippen MR) is 129 cm³/mol. The second-order valence-corrected chi connectivity index (χ2v) is 12.3. The van der Waals surface area contributed by atoms with Gasteiger partial charge in [0.05, 0.1) is 22.6 Å². The number of ether oxygens (including phenoxy) is 1. The van der Waals surface area contributed by atoms with Crippen LogP contribution < -0.4 is 15.8 Å². The number of halogens is 7. The number of allylic oxidation sites excluding steroid dienone is 1. The Balaban J connectivity index is 2.64. The first-order valence-corrected chi connectivity index (χ1v) is 13.7. The van der Waals surface area contributed by atoms with Gasteiger partial charge in [0.1, 0.15) is 28.0 Å². The molecule has 1 atom stereocenters. The van der Waals surface area contributed by atoms with Crippen molar-refractivity contribution < 1.29 is 37.2 Å². The number of nitrogens with zero attached hydrogens (tertiary/aromatic N) is 3. The molecule has 3 N–H and O–H groups in total. The maximum Gasteiger partial charge on any atom is 0.310 e. The second-order valence-electron chi connectivity index (χ2n) is 7.52. The molecule has 0 radical (unpaired) electrons. The van der Waals surface area contributed by atoms with Crippen molar-refractivity contribution in [3.8, 4) is 11.9 Å². The van der Waals surface area contributed by atoms with Crippen molar-refractivity contribution in [2.75, 3.05) is 18.7 Å². The minimum absolute atomic E-state index is 0.0674. The Bertz CT molecular complexity index is 1470. The summed E-state index contributed by atoms with van der Waals surface area (Å²) < 4.78 is 116. The summed E-state index contributed by atoms with van der Waals surface area (Å²) in [6.45, 7) is 3.44. The van der Waals surface area contributed by atoms with Crippen molar-refractivity contribution in [1.29, 1.82) is 5.26 Å². The maximum absolute atomic E-state index is 14.5. The Labute approximate surface area is 208 Å². The Morgan fingerprint density at radius 3 is 2.43 bits per heavy atom. The lowest BCUT2D eigenvalue weighted by atomic mass is 10.1. The third-order valence-corrected chi connectivity index (χ3v) is 6.87. The molecule has 0 bridgehead atoms. The van der Waals surface area contributed by atoms with Gasteiger partial charge in [-0.3, -0.25) is 0 Å². The van der Waals surface area contributed by atoms with Gasteiger partial charge in [0.2, 0.25) is 6.19 Å². The molecule has 202 valence electrons. The molecular formula is C21H20F7N5O2S2. The van der Waals surface area contributed by atoms with Gasteiger partial charge in [-0.25, -0.2) is 18.0 Å². The molecule has 37 heavy (non-hydrogen) atoms. The van der Waals surface area contributed by atoms with E-state index in [9.17, 15) is 32.4 Å². The van der Waals surface area contributed by atoms with E-state index < -0.39 is 65.0 Å². The number of anilines is 1. The van der Waals surface area contributed by atoms with Crippen LogP contribution in [-0.4, -0.2) is 23.3 Å².